The molecule has 6 heteroatoms. The van der Waals surface area contributed by atoms with Gasteiger partial charge in [0.05, 0.1) is 4.90 Å². The smallest absolute Gasteiger partial charge is 0.254 e. The van der Waals surface area contributed by atoms with Crippen molar-refractivity contribution in [2.45, 2.75) is 31.2 Å². The number of carbonyl (C=O) groups excluding carboxylic acids is 1. The zero-order valence-corrected chi connectivity index (χ0v) is 11.2. The molecule has 0 aromatic heterocycles. The normalized spacial score (nSPS) is 16.0. The lowest BCUT2D eigenvalue weighted by Crippen LogP contribution is -2.42. The monoisotopic (exact) mass is 268 g/mol. The Morgan fingerprint density at radius 3 is 2.56 bits per heavy atom. The van der Waals surface area contributed by atoms with E-state index in [0.29, 0.717) is 24.1 Å². The molecule has 0 radical (unpaired) electrons. The van der Waals surface area contributed by atoms with Crippen LogP contribution in [-0.4, -0.2) is 31.8 Å². The fourth-order valence-corrected chi connectivity index (χ4v) is 3.10. The molecule has 1 aromatic carbocycles. The number of primary sulfonamides is 1. The van der Waals surface area contributed by atoms with Gasteiger partial charge in [-0.25, -0.2) is 13.6 Å². The molecule has 5 nitrogen and oxygen atoms in total. The third kappa shape index (κ3) is 2.13. The Morgan fingerprint density at radius 2 is 2.00 bits per heavy atom. The standard InChI is InChI=1S/C12H16N2O3S/c1-8(2)14-7-6-9-10(12(14)15)4-3-5-11(9)18(13,16)17/h3-5,8H,6-7H2,1-2H3,(H2,13,16,17). The summed E-state index contributed by atoms with van der Waals surface area (Å²) in [5.41, 5.74) is 0.989. The summed E-state index contributed by atoms with van der Waals surface area (Å²) in [5.74, 6) is -0.128. The number of sulfonamides is 1. The van der Waals surface area contributed by atoms with E-state index in [-0.39, 0.29) is 16.8 Å². The second-order valence-corrected chi connectivity index (χ2v) is 6.20. The molecule has 0 fully saturated rings. The zero-order valence-electron chi connectivity index (χ0n) is 10.4. The van der Waals surface area contributed by atoms with Crippen LogP contribution in [0.3, 0.4) is 0 Å². The number of hydrogen-bond acceptors (Lipinski definition) is 3. The van der Waals surface area contributed by atoms with Gasteiger partial charge in [-0.2, -0.15) is 0 Å². The molecule has 0 unspecified atom stereocenters. The Kier molecular flexibility index (Phi) is 3.16. The highest BCUT2D eigenvalue weighted by Crippen LogP contribution is 2.25. The largest absolute Gasteiger partial charge is 0.336 e. The first-order valence-corrected chi connectivity index (χ1v) is 7.32. The number of nitrogens with zero attached hydrogens (tertiary/aromatic N) is 1. The molecule has 1 aliphatic rings. The first-order chi connectivity index (χ1) is 8.32. The van der Waals surface area contributed by atoms with Crippen LogP contribution < -0.4 is 5.14 Å². The Labute approximate surface area is 107 Å². The second-order valence-electron chi connectivity index (χ2n) is 4.67. The molecule has 2 rings (SSSR count). The Balaban J connectivity index is 2.56. The highest BCUT2D eigenvalue weighted by molar-refractivity contribution is 7.89. The van der Waals surface area contributed by atoms with Crippen LogP contribution in [0.15, 0.2) is 23.1 Å². The maximum Gasteiger partial charge on any atom is 0.254 e. The highest BCUT2D eigenvalue weighted by Gasteiger charge is 2.29. The zero-order chi connectivity index (χ0) is 13.5. The number of nitrogens with two attached hydrogens (primary N) is 1. The van der Waals surface area contributed by atoms with Crippen LogP contribution in [-0.2, 0) is 16.4 Å². The minimum atomic E-state index is -3.78. The summed E-state index contributed by atoms with van der Waals surface area (Å²) in [5, 5.41) is 5.17. The van der Waals surface area contributed by atoms with Crippen LogP contribution in [0.4, 0.5) is 0 Å². The molecular formula is C12H16N2O3S. The average molecular weight is 268 g/mol. The molecule has 1 aromatic rings. The molecule has 1 aliphatic heterocycles. The van der Waals surface area contributed by atoms with Crippen molar-refractivity contribution in [3.63, 3.8) is 0 Å². The number of benzene rings is 1. The molecule has 98 valence electrons. The molecular weight excluding hydrogens is 252 g/mol. The van der Waals surface area contributed by atoms with Gasteiger partial charge in [0.15, 0.2) is 0 Å². The van der Waals surface area contributed by atoms with Gasteiger partial charge in [-0.3, -0.25) is 4.79 Å². The van der Waals surface area contributed by atoms with E-state index < -0.39 is 10.0 Å². The van der Waals surface area contributed by atoms with Crippen LogP contribution in [0.25, 0.3) is 0 Å². The van der Waals surface area contributed by atoms with E-state index in [9.17, 15) is 13.2 Å². The predicted molar refractivity (Wildman–Crippen MR) is 67.7 cm³/mol. The maximum atomic E-state index is 12.2. The molecule has 2 N–H and O–H groups in total. The lowest BCUT2D eigenvalue weighted by atomic mass is 9.98. The van der Waals surface area contributed by atoms with Crippen LogP contribution >= 0.6 is 0 Å². The van der Waals surface area contributed by atoms with Crippen LogP contribution in [0.5, 0.6) is 0 Å². The summed E-state index contributed by atoms with van der Waals surface area (Å²) in [6, 6.07) is 4.76. The maximum absolute atomic E-state index is 12.2. The Morgan fingerprint density at radius 1 is 1.33 bits per heavy atom. The van der Waals surface area contributed by atoms with E-state index in [2.05, 4.69) is 0 Å². The first kappa shape index (κ1) is 13.0. The van der Waals surface area contributed by atoms with Crippen LogP contribution in [0, 0.1) is 0 Å². The van der Waals surface area contributed by atoms with Crippen molar-refractivity contribution in [2.24, 2.45) is 5.14 Å². The number of rotatable bonds is 2. The van der Waals surface area contributed by atoms with Crippen molar-refractivity contribution >= 4 is 15.9 Å². The Bertz CT molecular complexity index is 593. The molecule has 0 aliphatic carbocycles. The summed E-state index contributed by atoms with van der Waals surface area (Å²) < 4.78 is 23.0. The number of hydrogen-bond donors (Lipinski definition) is 1. The fraction of sp³-hybridized carbons (Fsp3) is 0.417. The molecule has 0 atom stereocenters. The molecule has 0 bridgehead atoms. The fourth-order valence-electron chi connectivity index (χ4n) is 2.27. The number of amides is 1. The number of fused-ring (bicyclic) bond motifs is 1. The molecule has 0 saturated carbocycles. The lowest BCUT2D eigenvalue weighted by molar-refractivity contribution is 0.0687. The van der Waals surface area contributed by atoms with Gasteiger partial charge >= 0.3 is 0 Å². The van der Waals surface area contributed by atoms with Gasteiger partial charge in [-0.05, 0) is 38.0 Å². The average Bonchev–Trinajstić information content (AvgIpc) is 2.27. The first-order valence-electron chi connectivity index (χ1n) is 5.78. The minimum absolute atomic E-state index is 0.0664. The van der Waals surface area contributed by atoms with E-state index in [4.69, 9.17) is 5.14 Å². The van der Waals surface area contributed by atoms with Crippen molar-refractivity contribution in [3.05, 3.63) is 29.3 Å². The summed E-state index contributed by atoms with van der Waals surface area (Å²) in [7, 11) is -3.78. The quantitative estimate of drug-likeness (QED) is 0.859. The van der Waals surface area contributed by atoms with Gasteiger partial charge in [0.1, 0.15) is 0 Å². The third-order valence-corrected chi connectivity index (χ3v) is 4.15. The van der Waals surface area contributed by atoms with E-state index in [1.165, 1.54) is 6.07 Å². The number of carbonyl (C=O) groups is 1. The summed E-state index contributed by atoms with van der Waals surface area (Å²) in [6.07, 6.45) is 0.520. The molecule has 1 heterocycles. The predicted octanol–water partition coefficient (Wildman–Crippen LogP) is 0.741. The van der Waals surface area contributed by atoms with Crippen molar-refractivity contribution in [1.82, 2.24) is 4.90 Å². The van der Waals surface area contributed by atoms with E-state index in [1.807, 2.05) is 13.8 Å². The molecule has 0 saturated heterocycles. The lowest BCUT2D eigenvalue weighted by Gasteiger charge is -2.32. The third-order valence-electron chi connectivity index (χ3n) is 3.16. The van der Waals surface area contributed by atoms with E-state index in [0.717, 1.165) is 0 Å². The molecule has 0 spiro atoms. The summed E-state index contributed by atoms with van der Waals surface area (Å²) >= 11 is 0. The Hall–Kier alpha value is -1.40. The van der Waals surface area contributed by atoms with Crippen LogP contribution in [0.2, 0.25) is 0 Å². The van der Waals surface area contributed by atoms with Gasteiger partial charge in [-0.15, -0.1) is 0 Å². The van der Waals surface area contributed by atoms with Gasteiger partial charge in [-0.1, -0.05) is 6.07 Å². The molecule has 1 amide bonds. The van der Waals surface area contributed by atoms with Gasteiger partial charge in [0, 0.05) is 18.2 Å². The summed E-state index contributed by atoms with van der Waals surface area (Å²) in [6.45, 7) is 4.40. The van der Waals surface area contributed by atoms with Crippen molar-refractivity contribution in [1.29, 1.82) is 0 Å². The molecule has 18 heavy (non-hydrogen) atoms. The summed E-state index contributed by atoms with van der Waals surface area (Å²) in [4.78, 5) is 14.0. The topological polar surface area (TPSA) is 80.5 Å². The second kappa shape index (κ2) is 4.37. The van der Waals surface area contributed by atoms with Crippen molar-refractivity contribution in [2.75, 3.05) is 6.54 Å². The van der Waals surface area contributed by atoms with E-state index in [1.54, 1.807) is 17.0 Å². The minimum Gasteiger partial charge on any atom is -0.336 e. The van der Waals surface area contributed by atoms with Crippen LogP contribution in [0.1, 0.15) is 29.8 Å². The highest BCUT2D eigenvalue weighted by atomic mass is 32.2. The SMILES string of the molecule is CC(C)N1CCc2c(cccc2S(N)(=O)=O)C1=O. The van der Waals surface area contributed by atoms with Crippen molar-refractivity contribution in [3.8, 4) is 0 Å². The van der Waals surface area contributed by atoms with Crippen molar-refractivity contribution < 1.29 is 13.2 Å². The van der Waals surface area contributed by atoms with Gasteiger partial charge in [0.25, 0.3) is 5.91 Å². The van der Waals surface area contributed by atoms with Gasteiger partial charge in [0.2, 0.25) is 10.0 Å². The van der Waals surface area contributed by atoms with Gasteiger partial charge < -0.3 is 4.90 Å². The van der Waals surface area contributed by atoms with E-state index >= 15 is 0 Å².